The number of benzene rings is 1. The van der Waals surface area contributed by atoms with Crippen LogP contribution in [-0.2, 0) is 15.5 Å². The van der Waals surface area contributed by atoms with Crippen LogP contribution in [0.5, 0.6) is 5.75 Å². The highest BCUT2D eigenvalue weighted by Crippen LogP contribution is 2.23. The average Bonchev–Trinajstić information content (AvgIpc) is 2.47. The monoisotopic (exact) mass is 298 g/mol. The number of nitrogens with two attached hydrogens (primary N) is 1. The molecular formula is C14H22N2O3S. The third kappa shape index (κ3) is 3.71. The second kappa shape index (κ2) is 7.06. The van der Waals surface area contributed by atoms with Crippen molar-refractivity contribution >= 4 is 16.5 Å². The fraction of sp³-hybridized carbons (Fsp3) is 0.571. The number of hydrogen-bond acceptors (Lipinski definition) is 5. The normalized spacial score (nSPS) is 21.6. The number of hydrogen-bond donors (Lipinski definition) is 1. The Bertz CT molecular complexity index is 481. The predicted octanol–water partition coefficient (Wildman–Crippen LogP) is 1.11. The van der Waals surface area contributed by atoms with Crippen LogP contribution in [0.2, 0.25) is 0 Å². The largest absolute Gasteiger partial charge is 0.497 e. The highest BCUT2D eigenvalue weighted by atomic mass is 32.2. The van der Waals surface area contributed by atoms with Gasteiger partial charge in [0.15, 0.2) is 0 Å². The summed E-state index contributed by atoms with van der Waals surface area (Å²) in [6.45, 7) is 5.59. The van der Waals surface area contributed by atoms with Gasteiger partial charge in [-0.3, -0.25) is 9.11 Å². The van der Waals surface area contributed by atoms with Gasteiger partial charge in [0.25, 0.3) is 0 Å². The molecule has 1 saturated heterocycles. The minimum absolute atomic E-state index is 0.00451. The first kappa shape index (κ1) is 15.3. The zero-order valence-corrected chi connectivity index (χ0v) is 12.8. The number of morpholine rings is 1. The summed E-state index contributed by atoms with van der Waals surface area (Å²) in [6.07, 6.45) is -0.00451. The van der Waals surface area contributed by atoms with E-state index < -0.39 is 10.8 Å². The molecule has 5 nitrogen and oxygen atoms in total. The maximum absolute atomic E-state index is 12.5. The molecule has 1 aliphatic heterocycles. The van der Waals surface area contributed by atoms with Crippen molar-refractivity contribution in [3.63, 3.8) is 0 Å². The maximum Gasteiger partial charge on any atom is 0.120 e. The first-order valence-electron chi connectivity index (χ1n) is 6.80. The van der Waals surface area contributed by atoms with Crippen LogP contribution in [0.4, 0.5) is 5.69 Å². The van der Waals surface area contributed by atoms with Crippen molar-refractivity contribution in [2.75, 3.05) is 44.8 Å². The number of rotatable bonds is 5. The van der Waals surface area contributed by atoms with E-state index in [1.807, 2.05) is 0 Å². The topological polar surface area (TPSA) is 64.8 Å². The highest BCUT2D eigenvalue weighted by molar-refractivity contribution is 7.85. The third-order valence-corrected chi connectivity index (χ3v) is 4.99. The Kier molecular flexibility index (Phi) is 5.39. The molecule has 1 aliphatic rings. The molecule has 112 valence electrons. The van der Waals surface area contributed by atoms with Crippen LogP contribution in [-0.4, -0.2) is 54.3 Å². The summed E-state index contributed by atoms with van der Waals surface area (Å²) < 4.78 is 23.3. The quantitative estimate of drug-likeness (QED) is 0.825. The number of ether oxygens (including phenoxy) is 2. The number of methoxy groups -OCH3 is 1. The summed E-state index contributed by atoms with van der Waals surface area (Å²) in [5.41, 5.74) is 6.44. The van der Waals surface area contributed by atoms with Gasteiger partial charge in [0.05, 0.1) is 41.3 Å². The van der Waals surface area contributed by atoms with E-state index >= 15 is 0 Å². The van der Waals surface area contributed by atoms with E-state index in [0.29, 0.717) is 28.7 Å². The van der Waals surface area contributed by atoms with E-state index in [0.717, 1.165) is 19.6 Å². The van der Waals surface area contributed by atoms with E-state index in [-0.39, 0.29) is 6.10 Å². The summed E-state index contributed by atoms with van der Waals surface area (Å²) in [5, 5.41) is 0. The molecule has 0 bridgehead atoms. The van der Waals surface area contributed by atoms with E-state index in [4.69, 9.17) is 15.2 Å². The lowest BCUT2D eigenvalue weighted by molar-refractivity contribution is -0.0141. The van der Waals surface area contributed by atoms with Crippen LogP contribution in [0.25, 0.3) is 0 Å². The molecule has 1 aromatic rings. The van der Waals surface area contributed by atoms with Crippen molar-refractivity contribution < 1.29 is 13.7 Å². The van der Waals surface area contributed by atoms with E-state index in [9.17, 15) is 4.21 Å². The van der Waals surface area contributed by atoms with Crippen LogP contribution in [0.15, 0.2) is 23.1 Å². The SMILES string of the molecule is CCN1CCOC(CS(=O)c2cc(OC)ccc2N)C1. The Labute approximate surface area is 122 Å². The summed E-state index contributed by atoms with van der Waals surface area (Å²) in [6, 6.07) is 5.24. The van der Waals surface area contributed by atoms with Crippen molar-refractivity contribution in [2.24, 2.45) is 0 Å². The van der Waals surface area contributed by atoms with Crippen LogP contribution in [0.1, 0.15) is 6.92 Å². The van der Waals surface area contributed by atoms with Gasteiger partial charge >= 0.3 is 0 Å². The molecule has 0 radical (unpaired) electrons. The molecule has 2 N–H and O–H groups in total. The molecule has 0 saturated carbocycles. The van der Waals surface area contributed by atoms with Gasteiger partial charge in [0, 0.05) is 18.8 Å². The molecule has 6 heteroatoms. The van der Waals surface area contributed by atoms with Crippen LogP contribution >= 0.6 is 0 Å². The van der Waals surface area contributed by atoms with Crippen LogP contribution in [0, 0.1) is 0 Å². The Morgan fingerprint density at radius 3 is 3.05 bits per heavy atom. The van der Waals surface area contributed by atoms with Gasteiger partial charge in [-0.15, -0.1) is 0 Å². The first-order chi connectivity index (χ1) is 9.63. The van der Waals surface area contributed by atoms with Gasteiger partial charge in [0.2, 0.25) is 0 Å². The summed E-state index contributed by atoms with van der Waals surface area (Å²) in [7, 11) is 0.407. The number of nitrogens with zero attached hydrogens (tertiary/aromatic N) is 1. The van der Waals surface area contributed by atoms with Crippen molar-refractivity contribution in [3.05, 3.63) is 18.2 Å². The molecule has 1 heterocycles. The Balaban J connectivity index is 2.04. The van der Waals surface area contributed by atoms with Crippen molar-refractivity contribution in [2.45, 2.75) is 17.9 Å². The summed E-state index contributed by atoms with van der Waals surface area (Å²) in [4.78, 5) is 2.93. The Morgan fingerprint density at radius 2 is 2.35 bits per heavy atom. The number of likely N-dealkylation sites (N-methyl/N-ethyl adjacent to an activating group) is 1. The zero-order valence-electron chi connectivity index (χ0n) is 12.0. The molecular weight excluding hydrogens is 276 g/mol. The molecule has 0 amide bonds. The van der Waals surface area contributed by atoms with E-state index in [1.54, 1.807) is 25.3 Å². The molecule has 1 fully saturated rings. The zero-order chi connectivity index (χ0) is 14.5. The Hall–Kier alpha value is -1.11. The first-order valence-corrected chi connectivity index (χ1v) is 8.11. The van der Waals surface area contributed by atoms with Gasteiger partial charge in [-0.1, -0.05) is 6.92 Å². The molecule has 2 atom stereocenters. The van der Waals surface area contributed by atoms with Crippen molar-refractivity contribution in [3.8, 4) is 5.75 Å². The summed E-state index contributed by atoms with van der Waals surface area (Å²) >= 11 is 0. The Morgan fingerprint density at radius 1 is 1.55 bits per heavy atom. The van der Waals surface area contributed by atoms with Crippen LogP contribution < -0.4 is 10.5 Å². The minimum atomic E-state index is -1.18. The lowest BCUT2D eigenvalue weighted by Crippen LogP contribution is -2.44. The van der Waals surface area contributed by atoms with Crippen molar-refractivity contribution in [1.29, 1.82) is 0 Å². The number of nitrogen functional groups attached to an aromatic ring is 1. The van der Waals surface area contributed by atoms with E-state index in [2.05, 4.69) is 11.8 Å². The van der Waals surface area contributed by atoms with Gasteiger partial charge < -0.3 is 15.2 Å². The molecule has 0 spiro atoms. The van der Waals surface area contributed by atoms with Gasteiger partial charge in [-0.2, -0.15) is 0 Å². The molecule has 20 heavy (non-hydrogen) atoms. The molecule has 0 aliphatic carbocycles. The smallest absolute Gasteiger partial charge is 0.120 e. The average molecular weight is 298 g/mol. The minimum Gasteiger partial charge on any atom is -0.497 e. The van der Waals surface area contributed by atoms with E-state index in [1.165, 1.54) is 0 Å². The molecule has 2 rings (SSSR count). The maximum atomic E-state index is 12.5. The summed E-state index contributed by atoms with van der Waals surface area (Å²) in [5.74, 6) is 1.13. The fourth-order valence-corrected chi connectivity index (χ4v) is 3.56. The van der Waals surface area contributed by atoms with Crippen molar-refractivity contribution in [1.82, 2.24) is 4.90 Å². The lowest BCUT2D eigenvalue weighted by atomic mass is 10.3. The van der Waals surface area contributed by atoms with Gasteiger partial charge in [0.1, 0.15) is 5.75 Å². The molecule has 1 aromatic carbocycles. The second-order valence-electron chi connectivity index (χ2n) is 4.80. The second-order valence-corrected chi connectivity index (χ2v) is 6.27. The fourth-order valence-electron chi connectivity index (χ4n) is 2.27. The van der Waals surface area contributed by atoms with Crippen LogP contribution in [0.3, 0.4) is 0 Å². The molecule has 2 unspecified atom stereocenters. The third-order valence-electron chi connectivity index (χ3n) is 3.47. The predicted molar refractivity (Wildman–Crippen MR) is 80.5 cm³/mol. The standard InChI is InChI=1S/C14H22N2O3S/c1-3-16-6-7-19-12(9-16)10-20(17)14-8-11(18-2)4-5-13(14)15/h4-5,8,12H,3,6-7,9-10,15H2,1-2H3. The van der Waals surface area contributed by atoms with Gasteiger partial charge in [-0.05, 0) is 24.7 Å². The lowest BCUT2D eigenvalue weighted by Gasteiger charge is -2.31. The highest BCUT2D eigenvalue weighted by Gasteiger charge is 2.22. The van der Waals surface area contributed by atoms with Gasteiger partial charge in [-0.25, -0.2) is 0 Å². The molecule has 0 aromatic heterocycles. The number of anilines is 1.